The summed E-state index contributed by atoms with van der Waals surface area (Å²) in [5.74, 6) is 0.148. The minimum Gasteiger partial charge on any atom is -0.289 e. The molecule has 0 heterocycles. The van der Waals surface area contributed by atoms with Crippen LogP contribution in [0.25, 0.3) is 0 Å². The molecular weight excluding hydrogens is 476 g/mol. The van der Waals surface area contributed by atoms with E-state index in [4.69, 9.17) is 0 Å². The quantitative estimate of drug-likeness (QED) is 0.317. The average Bonchev–Trinajstić information content (AvgIpc) is 2.81. The molecule has 0 aliphatic heterocycles. The van der Waals surface area contributed by atoms with Crippen LogP contribution in [0.3, 0.4) is 0 Å². The van der Waals surface area contributed by atoms with E-state index in [9.17, 15) is 4.79 Å². The summed E-state index contributed by atoms with van der Waals surface area (Å²) in [7, 11) is 0. The van der Waals surface area contributed by atoms with Gasteiger partial charge in [0.1, 0.15) is 0 Å². The minimum atomic E-state index is 0.0679. The van der Waals surface area contributed by atoms with Crippen LogP contribution in [0.4, 0.5) is 0 Å². The summed E-state index contributed by atoms with van der Waals surface area (Å²) in [4.78, 5) is 13.7. The largest absolute Gasteiger partial charge is 0.289 e. The van der Waals surface area contributed by atoms with Gasteiger partial charge in [-0.05, 0) is 71.2 Å². The number of ketones is 1. The first-order chi connectivity index (χ1) is 13.6. The molecule has 0 radical (unpaired) electrons. The van der Waals surface area contributed by atoms with E-state index in [0.717, 1.165) is 47.9 Å². The first kappa shape index (κ1) is 18.3. The molecule has 2 unspecified atom stereocenters. The molecule has 3 aromatic carbocycles. The van der Waals surface area contributed by atoms with E-state index >= 15 is 0 Å². The molecule has 28 heavy (non-hydrogen) atoms. The Hall–Kier alpha value is -1.71. The van der Waals surface area contributed by atoms with Crippen LogP contribution < -0.4 is 0 Å². The normalized spacial score (nSPS) is 20.7. The van der Waals surface area contributed by atoms with Crippen molar-refractivity contribution in [3.63, 3.8) is 0 Å². The van der Waals surface area contributed by atoms with Crippen molar-refractivity contribution in [2.45, 2.75) is 35.3 Å². The van der Waals surface area contributed by atoms with Crippen LogP contribution in [-0.2, 0) is 25.7 Å². The van der Waals surface area contributed by atoms with Crippen molar-refractivity contribution in [2.24, 2.45) is 0 Å². The number of hydrogen-bond donors (Lipinski definition) is 0. The molecule has 0 amide bonds. The number of halogens is 2. The van der Waals surface area contributed by atoms with Crippen molar-refractivity contribution in [2.75, 3.05) is 0 Å². The van der Waals surface area contributed by atoms with Gasteiger partial charge in [-0.1, -0.05) is 80.4 Å². The molecule has 140 valence electrons. The summed E-state index contributed by atoms with van der Waals surface area (Å²) >= 11 is 7.70. The third kappa shape index (κ3) is 3.19. The van der Waals surface area contributed by atoms with Crippen LogP contribution in [0, 0.1) is 0 Å². The molecule has 6 bridgehead atoms. The molecule has 0 aromatic heterocycles. The first-order valence-electron chi connectivity index (χ1n) is 9.76. The van der Waals surface area contributed by atoms with Crippen LogP contribution in [-0.4, -0.2) is 5.78 Å². The van der Waals surface area contributed by atoms with Crippen molar-refractivity contribution in [3.05, 3.63) is 105 Å². The molecule has 3 aromatic rings. The van der Waals surface area contributed by atoms with Crippen LogP contribution in [0.15, 0.2) is 60.7 Å². The summed E-state index contributed by atoms with van der Waals surface area (Å²) < 4.78 is 0. The van der Waals surface area contributed by atoms with Crippen LogP contribution in [0.2, 0.25) is 0 Å². The van der Waals surface area contributed by atoms with Gasteiger partial charge >= 0.3 is 0 Å². The van der Waals surface area contributed by atoms with Gasteiger partial charge in [-0.2, -0.15) is 0 Å². The lowest BCUT2D eigenvalue weighted by atomic mass is 9.94. The lowest BCUT2D eigenvalue weighted by Crippen LogP contribution is -2.06. The number of aryl methyl sites for hydroxylation is 4. The minimum absolute atomic E-state index is 0.0679. The summed E-state index contributed by atoms with van der Waals surface area (Å²) in [6.07, 6.45) is 3.87. The number of hydrogen-bond acceptors (Lipinski definition) is 1. The Kier molecular flexibility index (Phi) is 4.76. The third-order valence-corrected chi connectivity index (χ3v) is 8.76. The highest BCUT2D eigenvalue weighted by Gasteiger charge is 2.32. The zero-order valence-electron chi connectivity index (χ0n) is 15.4. The Morgan fingerprint density at radius 3 is 1.36 bits per heavy atom. The molecule has 0 N–H and O–H groups in total. The number of alkyl halides is 2. The molecule has 2 atom stereocenters. The molecule has 0 fully saturated rings. The Balaban J connectivity index is 1.71. The van der Waals surface area contributed by atoms with Gasteiger partial charge in [0.2, 0.25) is 0 Å². The van der Waals surface area contributed by atoms with Crippen molar-refractivity contribution in [3.8, 4) is 0 Å². The second-order valence-electron chi connectivity index (χ2n) is 7.79. The van der Waals surface area contributed by atoms with E-state index in [2.05, 4.69) is 92.5 Å². The number of rotatable bonds is 0. The van der Waals surface area contributed by atoms with Gasteiger partial charge in [0.25, 0.3) is 0 Å². The van der Waals surface area contributed by atoms with E-state index in [1.54, 1.807) is 0 Å². The smallest absolute Gasteiger partial charge is 0.193 e. The average molecular weight is 496 g/mol. The van der Waals surface area contributed by atoms with Crippen molar-refractivity contribution in [1.29, 1.82) is 0 Å². The van der Waals surface area contributed by atoms with E-state index in [1.165, 1.54) is 22.3 Å². The highest BCUT2D eigenvalue weighted by atomic mass is 79.9. The van der Waals surface area contributed by atoms with Crippen molar-refractivity contribution >= 4 is 37.6 Å². The molecule has 3 aliphatic carbocycles. The Bertz CT molecular complexity index is 984. The lowest BCUT2D eigenvalue weighted by molar-refractivity contribution is 0.103. The van der Waals surface area contributed by atoms with Gasteiger partial charge < -0.3 is 0 Å². The Morgan fingerprint density at radius 1 is 0.571 bits per heavy atom. The van der Waals surface area contributed by atoms with Gasteiger partial charge in [-0.3, -0.25) is 4.79 Å². The Labute approximate surface area is 182 Å². The van der Waals surface area contributed by atoms with Crippen molar-refractivity contribution in [1.82, 2.24) is 0 Å². The van der Waals surface area contributed by atoms with Gasteiger partial charge in [-0.15, -0.1) is 0 Å². The molecule has 3 aliphatic rings. The van der Waals surface area contributed by atoms with Gasteiger partial charge in [0, 0.05) is 11.1 Å². The van der Waals surface area contributed by atoms with Gasteiger partial charge in [0.05, 0.1) is 9.65 Å². The molecule has 1 nitrogen and oxygen atoms in total. The Morgan fingerprint density at radius 2 is 0.929 bits per heavy atom. The van der Waals surface area contributed by atoms with E-state index in [0.29, 0.717) is 0 Å². The zero-order valence-corrected chi connectivity index (χ0v) is 18.6. The fourth-order valence-corrected chi connectivity index (χ4v) is 5.67. The fraction of sp³-hybridized carbons (Fsp3) is 0.240. The topological polar surface area (TPSA) is 17.1 Å². The molecule has 6 rings (SSSR count). The highest BCUT2D eigenvalue weighted by molar-refractivity contribution is 9.12. The van der Waals surface area contributed by atoms with Crippen LogP contribution in [0.5, 0.6) is 0 Å². The second-order valence-corrected chi connectivity index (χ2v) is 9.77. The van der Waals surface area contributed by atoms with Gasteiger partial charge in [0.15, 0.2) is 5.78 Å². The number of fused-ring (bicyclic) bond motifs is 4. The summed E-state index contributed by atoms with van der Waals surface area (Å²) in [6, 6.07) is 21.8. The number of carbonyl (C=O) groups is 1. The zero-order chi connectivity index (χ0) is 19.3. The predicted molar refractivity (Wildman–Crippen MR) is 121 cm³/mol. The highest BCUT2D eigenvalue weighted by Crippen LogP contribution is 2.47. The predicted octanol–water partition coefficient (Wildman–Crippen LogP) is 6.69. The molecule has 3 heteroatoms. The maximum absolute atomic E-state index is 13.5. The maximum Gasteiger partial charge on any atom is 0.193 e. The lowest BCUT2D eigenvalue weighted by Gasteiger charge is -2.18. The summed E-state index contributed by atoms with van der Waals surface area (Å²) in [5.41, 5.74) is 8.95. The first-order valence-corrected chi connectivity index (χ1v) is 11.6. The SMILES string of the molecule is O=C1c2cc3ccc2C(Br)C(Br)c2ccc(cc21)CCc1ccc(cc1)CC3. The number of benzene rings is 3. The molecular formula is C25H20Br2O. The molecule has 0 saturated carbocycles. The maximum atomic E-state index is 13.5. The van der Waals surface area contributed by atoms with E-state index in [-0.39, 0.29) is 15.4 Å². The van der Waals surface area contributed by atoms with Crippen molar-refractivity contribution < 1.29 is 4.79 Å². The standard InChI is InChI=1S/C25H20Br2O/c26-23-19-11-9-17-7-5-15-1-2-16(4-3-15)6-8-18-10-12-20(24(23)27)22(14-18)25(28)21(19)13-17/h1-4,9-14,23-24H,5-8H2. The van der Waals surface area contributed by atoms with Gasteiger partial charge in [-0.25, -0.2) is 0 Å². The third-order valence-electron chi connectivity index (χ3n) is 6.00. The fourth-order valence-electron chi connectivity index (χ4n) is 4.30. The molecule has 0 saturated heterocycles. The second kappa shape index (κ2) is 7.27. The van der Waals surface area contributed by atoms with E-state index in [1.807, 2.05) is 0 Å². The van der Waals surface area contributed by atoms with Crippen LogP contribution >= 0.6 is 31.9 Å². The number of carbonyl (C=O) groups excluding carboxylic acids is 1. The monoisotopic (exact) mass is 494 g/mol. The molecule has 0 spiro atoms. The summed E-state index contributed by atoms with van der Waals surface area (Å²) in [6.45, 7) is 0. The van der Waals surface area contributed by atoms with Crippen LogP contribution in [0.1, 0.15) is 59.0 Å². The summed E-state index contributed by atoms with van der Waals surface area (Å²) in [5, 5.41) is 0. The van der Waals surface area contributed by atoms with E-state index < -0.39 is 0 Å².